The molecule has 1 aromatic heterocycles. The number of amides is 1. The van der Waals surface area contributed by atoms with E-state index >= 15 is 0 Å². The van der Waals surface area contributed by atoms with E-state index in [0.717, 1.165) is 11.2 Å². The number of ether oxygens (including phenoxy) is 2. The van der Waals surface area contributed by atoms with E-state index in [4.69, 9.17) is 9.47 Å². The second-order valence-corrected chi connectivity index (χ2v) is 7.23. The molecule has 27 heavy (non-hydrogen) atoms. The van der Waals surface area contributed by atoms with Gasteiger partial charge in [0.15, 0.2) is 6.29 Å². The van der Waals surface area contributed by atoms with Crippen molar-refractivity contribution >= 4 is 16.8 Å². The first kappa shape index (κ1) is 17.8. The van der Waals surface area contributed by atoms with E-state index in [-0.39, 0.29) is 12.2 Å². The zero-order chi connectivity index (χ0) is 19.0. The van der Waals surface area contributed by atoms with Gasteiger partial charge in [-0.05, 0) is 35.7 Å². The molecule has 0 bridgehead atoms. The monoisotopic (exact) mass is 364 g/mol. The number of fused-ring (bicyclic) bond motifs is 3. The molecule has 2 atom stereocenters. The first-order valence-electron chi connectivity index (χ1n) is 9.16. The highest BCUT2D eigenvalue weighted by Crippen LogP contribution is 2.40. The van der Waals surface area contributed by atoms with E-state index in [0.29, 0.717) is 13.0 Å². The van der Waals surface area contributed by atoms with Crippen molar-refractivity contribution in [2.24, 2.45) is 0 Å². The van der Waals surface area contributed by atoms with E-state index in [9.17, 15) is 4.79 Å². The second-order valence-electron chi connectivity index (χ2n) is 7.23. The lowest BCUT2D eigenvalue weighted by atomic mass is 9.91. The Labute approximate surface area is 158 Å². The third-order valence-corrected chi connectivity index (χ3v) is 5.24. The summed E-state index contributed by atoms with van der Waals surface area (Å²) in [6.07, 6.45) is 0.315. The number of hydrogen-bond acceptors (Lipinski definition) is 3. The van der Waals surface area contributed by atoms with Crippen LogP contribution >= 0.6 is 0 Å². The summed E-state index contributed by atoms with van der Waals surface area (Å²) in [7, 11) is 1.65. The van der Waals surface area contributed by atoms with Gasteiger partial charge >= 0.3 is 0 Å². The predicted molar refractivity (Wildman–Crippen MR) is 105 cm³/mol. The van der Waals surface area contributed by atoms with E-state index in [1.165, 1.54) is 29.0 Å². The van der Waals surface area contributed by atoms with Crippen molar-refractivity contribution < 1.29 is 14.3 Å². The van der Waals surface area contributed by atoms with Gasteiger partial charge in [-0.25, -0.2) is 0 Å². The molecule has 0 radical (unpaired) electrons. The molecule has 2 heterocycles. The fourth-order valence-electron chi connectivity index (χ4n) is 3.83. The molecule has 2 aromatic carbocycles. The van der Waals surface area contributed by atoms with Gasteiger partial charge in [-0.2, -0.15) is 0 Å². The van der Waals surface area contributed by atoms with Crippen LogP contribution in [0.1, 0.15) is 25.1 Å². The van der Waals surface area contributed by atoms with Crippen LogP contribution in [0.5, 0.6) is 0 Å². The van der Waals surface area contributed by atoms with E-state index < -0.39 is 5.60 Å². The molecule has 1 aliphatic heterocycles. The van der Waals surface area contributed by atoms with Crippen molar-refractivity contribution in [3.05, 3.63) is 59.8 Å². The number of carbonyl (C=O) groups is 1. The Morgan fingerprint density at radius 2 is 2.04 bits per heavy atom. The van der Waals surface area contributed by atoms with Gasteiger partial charge in [0, 0.05) is 31.4 Å². The maximum atomic E-state index is 11.5. The Bertz CT molecular complexity index is 980. The third kappa shape index (κ3) is 3.24. The summed E-state index contributed by atoms with van der Waals surface area (Å²) in [4.78, 5) is 15.0. The van der Waals surface area contributed by atoms with Crippen LogP contribution in [0.3, 0.4) is 0 Å². The van der Waals surface area contributed by atoms with Crippen LogP contribution in [0.2, 0.25) is 0 Å². The summed E-state index contributed by atoms with van der Waals surface area (Å²) >= 11 is 0. The highest BCUT2D eigenvalue weighted by Gasteiger charge is 2.40. The molecule has 0 saturated carbocycles. The van der Waals surface area contributed by atoms with Gasteiger partial charge in [-0.15, -0.1) is 0 Å². The van der Waals surface area contributed by atoms with E-state index in [2.05, 4.69) is 40.6 Å². The molecule has 1 aliphatic rings. The molecular weight excluding hydrogens is 340 g/mol. The lowest BCUT2D eigenvalue weighted by Gasteiger charge is -2.38. The quantitative estimate of drug-likeness (QED) is 0.741. The van der Waals surface area contributed by atoms with Gasteiger partial charge < -0.3 is 19.8 Å². The molecular formula is C22H24N2O3. The maximum absolute atomic E-state index is 11.5. The zero-order valence-corrected chi connectivity index (χ0v) is 15.8. The fourth-order valence-corrected chi connectivity index (χ4v) is 3.83. The van der Waals surface area contributed by atoms with Crippen LogP contribution in [-0.4, -0.2) is 30.8 Å². The van der Waals surface area contributed by atoms with Gasteiger partial charge in [0.05, 0.1) is 12.2 Å². The average molecular weight is 364 g/mol. The number of rotatable bonds is 4. The first-order chi connectivity index (χ1) is 13.0. The van der Waals surface area contributed by atoms with E-state index in [1.54, 1.807) is 7.11 Å². The average Bonchev–Trinajstić information content (AvgIpc) is 3.06. The molecule has 4 rings (SSSR count). The molecule has 0 saturated heterocycles. The molecule has 0 aliphatic carbocycles. The molecule has 3 aromatic rings. The Morgan fingerprint density at radius 1 is 1.26 bits per heavy atom. The normalized spacial score (nSPS) is 21.8. The molecule has 2 N–H and O–H groups in total. The van der Waals surface area contributed by atoms with Crippen LogP contribution in [-0.2, 0) is 26.3 Å². The molecule has 0 spiro atoms. The lowest BCUT2D eigenvalue weighted by molar-refractivity contribution is -0.206. The second kappa shape index (κ2) is 6.83. The smallest absolute Gasteiger partial charge is 0.216 e. The number of aromatic amines is 1. The fraction of sp³-hybridized carbons (Fsp3) is 0.318. The Morgan fingerprint density at radius 3 is 2.74 bits per heavy atom. The minimum atomic E-state index is -0.675. The van der Waals surface area contributed by atoms with Crippen molar-refractivity contribution in [1.82, 2.24) is 10.3 Å². The number of hydrogen-bond donors (Lipinski definition) is 2. The van der Waals surface area contributed by atoms with Crippen molar-refractivity contribution in [3.63, 3.8) is 0 Å². The van der Waals surface area contributed by atoms with Crippen LogP contribution in [0.15, 0.2) is 48.5 Å². The molecule has 1 amide bonds. The topological polar surface area (TPSA) is 63.3 Å². The minimum Gasteiger partial charge on any atom is -0.356 e. The zero-order valence-electron chi connectivity index (χ0n) is 15.8. The summed E-state index contributed by atoms with van der Waals surface area (Å²) in [5.41, 5.74) is 4.94. The number of aromatic nitrogens is 1. The predicted octanol–water partition coefficient (Wildman–Crippen LogP) is 3.73. The number of carbonyl (C=O) groups excluding carboxylic acids is 1. The molecule has 2 unspecified atom stereocenters. The van der Waals surface area contributed by atoms with Crippen LogP contribution in [0.25, 0.3) is 22.0 Å². The van der Waals surface area contributed by atoms with Gasteiger partial charge in [0.1, 0.15) is 5.60 Å². The molecule has 140 valence electrons. The summed E-state index contributed by atoms with van der Waals surface area (Å²) < 4.78 is 11.7. The van der Waals surface area contributed by atoms with Crippen molar-refractivity contribution in [2.75, 3.05) is 13.7 Å². The summed E-state index contributed by atoms with van der Waals surface area (Å²) in [5, 5.41) is 4.06. The Balaban J connectivity index is 1.83. The van der Waals surface area contributed by atoms with Crippen molar-refractivity contribution in [3.8, 4) is 11.1 Å². The highest BCUT2D eigenvalue weighted by molar-refractivity contribution is 5.89. The number of methoxy groups -OCH3 is 1. The highest BCUT2D eigenvalue weighted by atomic mass is 16.7. The maximum Gasteiger partial charge on any atom is 0.216 e. The Kier molecular flexibility index (Phi) is 4.50. The van der Waals surface area contributed by atoms with Crippen molar-refractivity contribution in [1.29, 1.82) is 0 Å². The van der Waals surface area contributed by atoms with Gasteiger partial charge in [-0.3, -0.25) is 4.79 Å². The molecule has 5 heteroatoms. The first-order valence-corrected chi connectivity index (χ1v) is 9.16. The summed E-state index contributed by atoms with van der Waals surface area (Å²) in [6.45, 7) is 3.88. The number of H-pyrrole nitrogens is 1. The summed E-state index contributed by atoms with van der Waals surface area (Å²) in [6, 6.07) is 16.8. The third-order valence-electron chi connectivity index (χ3n) is 5.24. The van der Waals surface area contributed by atoms with Crippen molar-refractivity contribution in [2.45, 2.75) is 32.2 Å². The van der Waals surface area contributed by atoms with Crippen LogP contribution in [0.4, 0.5) is 0 Å². The van der Waals surface area contributed by atoms with Crippen LogP contribution < -0.4 is 5.32 Å². The largest absolute Gasteiger partial charge is 0.356 e. The minimum absolute atomic E-state index is 0.0802. The van der Waals surface area contributed by atoms with E-state index in [1.807, 2.05) is 25.1 Å². The molecule has 0 fully saturated rings. The standard InChI is InChI=1S/C22H24N2O3/c1-14(25)23-13-22(2)21-18(12-20(26-3)27-22)17-11-16(9-10-19(17)24-21)15-7-5-4-6-8-15/h4-11,20,24H,12-13H2,1-3H3,(H,23,25). The summed E-state index contributed by atoms with van der Waals surface area (Å²) in [5.74, 6) is -0.0802. The SMILES string of the molecule is COC1Cc2c([nH]c3ccc(-c4ccccc4)cc23)C(C)(CNC(C)=O)O1. The van der Waals surface area contributed by atoms with Crippen LogP contribution in [0, 0.1) is 0 Å². The van der Waals surface area contributed by atoms with Gasteiger partial charge in [-0.1, -0.05) is 36.4 Å². The van der Waals surface area contributed by atoms with Gasteiger partial charge in [0.25, 0.3) is 0 Å². The Hall–Kier alpha value is -2.63. The number of nitrogens with one attached hydrogen (secondary N) is 2. The number of benzene rings is 2. The molecule has 5 nitrogen and oxygen atoms in total. The lowest BCUT2D eigenvalue weighted by Crippen LogP contribution is -2.46. The van der Waals surface area contributed by atoms with Gasteiger partial charge in [0.2, 0.25) is 5.91 Å².